The van der Waals surface area contributed by atoms with Gasteiger partial charge in [-0.1, -0.05) is 13.3 Å². The highest BCUT2D eigenvalue weighted by Crippen LogP contribution is 2.48. The number of nitrogens with one attached hydrogen (secondary N) is 2. The van der Waals surface area contributed by atoms with E-state index in [0.717, 1.165) is 25.7 Å². The molecule has 98 valence electrons. The number of aliphatic hydroxyl groups is 1. The normalized spacial score (nSPS) is 18.2. The van der Waals surface area contributed by atoms with Crippen molar-refractivity contribution in [3.8, 4) is 0 Å². The smallest absolute Gasteiger partial charge is 0.328 e. The minimum Gasteiger partial charge on any atom is -0.480 e. The molecule has 1 fully saturated rings. The SMILES string of the molecule is CCCC1(CNC(=O)N[C@@H](CO)C(=O)O)CC1. The van der Waals surface area contributed by atoms with E-state index < -0.39 is 24.6 Å². The standard InChI is InChI=1S/C11H20N2O4/c1-2-3-11(4-5-11)7-12-10(17)13-8(6-14)9(15)16/h8,14H,2-7H2,1H3,(H,15,16)(H2,12,13,17)/t8-/m0/s1. The summed E-state index contributed by atoms with van der Waals surface area (Å²) in [5.41, 5.74) is 0.226. The molecule has 6 nitrogen and oxygen atoms in total. The molecule has 0 heterocycles. The van der Waals surface area contributed by atoms with E-state index in [2.05, 4.69) is 17.6 Å². The molecule has 0 saturated heterocycles. The first-order valence-electron chi connectivity index (χ1n) is 5.91. The zero-order valence-electron chi connectivity index (χ0n) is 10.0. The number of urea groups is 1. The lowest BCUT2D eigenvalue weighted by molar-refractivity contribution is -0.140. The second kappa shape index (κ2) is 5.86. The highest BCUT2D eigenvalue weighted by Gasteiger charge is 2.41. The monoisotopic (exact) mass is 244 g/mol. The van der Waals surface area contributed by atoms with Gasteiger partial charge in [-0.2, -0.15) is 0 Å². The van der Waals surface area contributed by atoms with Crippen LogP contribution in [0.15, 0.2) is 0 Å². The Balaban J connectivity index is 2.28. The van der Waals surface area contributed by atoms with Crippen molar-refractivity contribution >= 4 is 12.0 Å². The van der Waals surface area contributed by atoms with Crippen molar-refractivity contribution in [3.05, 3.63) is 0 Å². The maximum absolute atomic E-state index is 11.4. The largest absolute Gasteiger partial charge is 0.480 e. The first-order valence-corrected chi connectivity index (χ1v) is 5.91. The van der Waals surface area contributed by atoms with E-state index in [9.17, 15) is 9.59 Å². The van der Waals surface area contributed by atoms with Crippen LogP contribution in [0.4, 0.5) is 4.79 Å². The molecule has 0 aliphatic heterocycles. The lowest BCUT2D eigenvalue weighted by Crippen LogP contribution is -2.48. The molecule has 1 rings (SSSR count). The Kier molecular flexibility index (Phi) is 4.74. The number of carbonyl (C=O) groups excluding carboxylic acids is 1. The van der Waals surface area contributed by atoms with Crippen LogP contribution < -0.4 is 10.6 Å². The summed E-state index contributed by atoms with van der Waals surface area (Å²) in [4.78, 5) is 22.0. The number of carboxylic acid groups (broad SMARTS) is 1. The second-order valence-corrected chi connectivity index (χ2v) is 4.65. The van der Waals surface area contributed by atoms with Crippen LogP contribution in [0.25, 0.3) is 0 Å². The average Bonchev–Trinajstić information content (AvgIpc) is 3.04. The Morgan fingerprint density at radius 3 is 2.47 bits per heavy atom. The van der Waals surface area contributed by atoms with E-state index in [4.69, 9.17) is 10.2 Å². The first kappa shape index (κ1) is 13.8. The van der Waals surface area contributed by atoms with E-state index in [1.165, 1.54) is 0 Å². The van der Waals surface area contributed by atoms with Crippen molar-refractivity contribution in [3.63, 3.8) is 0 Å². The molecule has 1 aliphatic carbocycles. The summed E-state index contributed by atoms with van der Waals surface area (Å²) < 4.78 is 0. The molecule has 6 heteroatoms. The van der Waals surface area contributed by atoms with Crippen LogP contribution in [0.3, 0.4) is 0 Å². The maximum atomic E-state index is 11.4. The Bertz CT molecular complexity index is 289. The van der Waals surface area contributed by atoms with Gasteiger partial charge in [0.25, 0.3) is 0 Å². The first-order chi connectivity index (χ1) is 8.03. The highest BCUT2D eigenvalue weighted by molar-refractivity contribution is 5.82. The maximum Gasteiger partial charge on any atom is 0.328 e. The van der Waals surface area contributed by atoms with Crippen LogP contribution in [0.2, 0.25) is 0 Å². The number of rotatable bonds is 7. The lowest BCUT2D eigenvalue weighted by atomic mass is 10.0. The summed E-state index contributed by atoms with van der Waals surface area (Å²) in [6.07, 6.45) is 4.39. The predicted molar refractivity (Wildman–Crippen MR) is 61.6 cm³/mol. The van der Waals surface area contributed by atoms with Crippen LogP contribution in [-0.4, -0.2) is 41.4 Å². The van der Waals surface area contributed by atoms with E-state index in [1.54, 1.807) is 0 Å². The van der Waals surface area contributed by atoms with Gasteiger partial charge in [0, 0.05) is 6.54 Å². The van der Waals surface area contributed by atoms with Crippen molar-refractivity contribution in [2.45, 2.75) is 38.6 Å². The molecule has 0 unspecified atom stereocenters. The van der Waals surface area contributed by atoms with Crippen molar-refractivity contribution in [1.82, 2.24) is 10.6 Å². The molecule has 0 radical (unpaired) electrons. The van der Waals surface area contributed by atoms with Gasteiger partial charge < -0.3 is 20.8 Å². The fourth-order valence-electron chi connectivity index (χ4n) is 1.88. The Hall–Kier alpha value is -1.30. The Morgan fingerprint density at radius 2 is 2.06 bits per heavy atom. The predicted octanol–water partition coefficient (Wildman–Crippen LogP) is 0.311. The fraction of sp³-hybridized carbons (Fsp3) is 0.818. The molecule has 4 N–H and O–H groups in total. The second-order valence-electron chi connectivity index (χ2n) is 4.65. The Labute approximate surface area is 100 Å². The van der Waals surface area contributed by atoms with Crippen LogP contribution in [0.1, 0.15) is 32.6 Å². The molecular weight excluding hydrogens is 224 g/mol. The molecule has 1 atom stereocenters. The summed E-state index contributed by atoms with van der Waals surface area (Å²) in [5, 5.41) is 22.3. The van der Waals surface area contributed by atoms with Crippen LogP contribution >= 0.6 is 0 Å². The molecule has 1 aliphatic rings. The molecule has 0 aromatic carbocycles. The van der Waals surface area contributed by atoms with Gasteiger partial charge in [-0.05, 0) is 24.7 Å². The molecule has 2 amide bonds. The summed E-state index contributed by atoms with van der Waals surface area (Å²) in [5.74, 6) is -1.24. The number of hydrogen-bond donors (Lipinski definition) is 4. The number of hydrogen-bond acceptors (Lipinski definition) is 3. The molecule has 17 heavy (non-hydrogen) atoms. The summed E-state index contributed by atoms with van der Waals surface area (Å²) in [7, 11) is 0. The zero-order valence-corrected chi connectivity index (χ0v) is 10.0. The number of carbonyl (C=O) groups is 2. The molecule has 1 saturated carbocycles. The van der Waals surface area contributed by atoms with Crippen molar-refractivity contribution in [2.75, 3.05) is 13.2 Å². The van der Waals surface area contributed by atoms with E-state index in [1.807, 2.05) is 0 Å². The van der Waals surface area contributed by atoms with Crippen molar-refractivity contribution in [2.24, 2.45) is 5.41 Å². The van der Waals surface area contributed by atoms with Gasteiger partial charge >= 0.3 is 12.0 Å². The lowest BCUT2D eigenvalue weighted by Gasteiger charge is -2.17. The van der Waals surface area contributed by atoms with Crippen LogP contribution in [-0.2, 0) is 4.79 Å². The van der Waals surface area contributed by atoms with E-state index >= 15 is 0 Å². The number of carboxylic acids is 1. The quantitative estimate of drug-likeness (QED) is 0.518. The third kappa shape index (κ3) is 4.22. The minimum atomic E-state index is -1.24. The average molecular weight is 244 g/mol. The summed E-state index contributed by atoms with van der Waals surface area (Å²) in [6, 6.07) is -1.77. The number of amides is 2. The van der Waals surface area contributed by atoms with Gasteiger partial charge in [0.2, 0.25) is 0 Å². The van der Waals surface area contributed by atoms with Gasteiger partial charge in [0.15, 0.2) is 6.04 Å². The van der Waals surface area contributed by atoms with Crippen molar-refractivity contribution < 1.29 is 19.8 Å². The fourth-order valence-corrected chi connectivity index (χ4v) is 1.88. The summed E-state index contributed by atoms with van der Waals surface area (Å²) in [6.45, 7) is 2.07. The molecular formula is C11H20N2O4. The highest BCUT2D eigenvalue weighted by atomic mass is 16.4. The third-order valence-corrected chi connectivity index (χ3v) is 3.15. The van der Waals surface area contributed by atoms with Gasteiger partial charge in [0.1, 0.15) is 0 Å². The van der Waals surface area contributed by atoms with Gasteiger partial charge in [-0.15, -0.1) is 0 Å². The van der Waals surface area contributed by atoms with Gasteiger partial charge in [0.05, 0.1) is 6.61 Å². The van der Waals surface area contributed by atoms with Crippen molar-refractivity contribution in [1.29, 1.82) is 0 Å². The van der Waals surface area contributed by atoms with Crippen LogP contribution in [0.5, 0.6) is 0 Å². The number of aliphatic carboxylic acids is 1. The Morgan fingerprint density at radius 1 is 1.41 bits per heavy atom. The van der Waals surface area contributed by atoms with Gasteiger partial charge in [-0.3, -0.25) is 0 Å². The van der Waals surface area contributed by atoms with Crippen LogP contribution in [0, 0.1) is 5.41 Å². The molecule has 0 aromatic rings. The molecule has 0 spiro atoms. The molecule has 0 bridgehead atoms. The van der Waals surface area contributed by atoms with Gasteiger partial charge in [-0.25, -0.2) is 9.59 Å². The third-order valence-electron chi connectivity index (χ3n) is 3.15. The van der Waals surface area contributed by atoms with E-state index in [-0.39, 0.29) is 5.41 Å². The topological polar surface area (TPSA) is 98.7 Å². The zero-order chi connectivity index (χ0) is 12.9. The summed E-state index contributed by atoms with van der Waals surface area (Å²) >= 11 is 0. The number of aliphatic hydroxyl groups excluding tert-OH is 1. The minimum absolute atomic E-state index is 0.226. The van der Waals surface area contributed by atoms with E-state index in [0.29, 0.717) is 6.54 Å². The molecule has 0 aromatic heterocycles.